The summed E-state index contributed by atoms with van der Waals surface area (Å²) in [5, 5.41) is 18.2. The molecular weight excluding hydrogens is 665 g/mol. The van der Waals surface area contributed by atoms with Gasteiger partial charge in [0, 0.05) is 44.1 Å². The summed E-state index contributed by atoms with van der Waals surface area (Å²) < 4.78 is 34.4. The Kier molecular flexibility index (Phi) is 12.0. The fourth-order valence-electron chi connectivity index (χ4n) is 6.62. The van der Waals surface area contributed by atoms with E-state index in [0.717, 1.165) is 61.6 Å². The Bertz CT molecular complexity index is 1700. The van der Waals surface area contributed by atoms with Gasteiger partial charge < -0.3 is 20.4 Å². The summed E-state index contributed by atoms with van der Waals surface area (Å²) in [6, 6.07) is 11.6. The van der Waals surface area contributed by atoms with E-state index in [4.69, 9.17) is 5.26 Å². The van der Waals surface area contributed by atoms with Gasteiger partial charge in [0.1, 0.15) is 10.9 Å². The van der Waals surface area contributed by atoms with Crippen LogP contribution in [0.2, 0.25) is 0 Å². The third-order valence-corrected chi connectivity index (χ3v) is 10.4. The lowest BCUT2D eigenvalue weighted by atomic mass is 9.81. The van der Waals surface area contributed by atoms with Crippen LogP contribution >= 0.6 is 11.5 Å². The molecule has 5 rings (SSSR count). The summed E-state index contributed by atoms with van der Waals surface area (Å²) in [6.45, 7) is 4.36. The number of benzene rings is 2. The van der Waals surface area contributed by atoms with E-state index in [0.29, 0.717) is 31.5 Å². The molecule has 1 saturated carbocycles. The number of piperazine rings is 1. The van der Waals surface area contributed by atoms with E-state index in [1.165, 1.54) is 18.3 Å². The summed E-state index contributed by atoms with van der Waals surface area (Å²) in [5.41, 5.74) is 0.768. The van der Waals surface area contributed by atoms with Gasteiger partial charge in [0.15, 0.2) is 5.78 Å². The number of hydrogen-bond donors (Lipinski definition) is 2. The van der Waals surface area contributed by atoms with Gasteiger partial charge in [-0.15, -0.1) is 5.10 Å². The molecule has 3 aromatic rings. The van der Waals surface area contributed by atoms with E-state index >= 15 is 8.78 Å². The molecule has 14 heteroatoms. The van der Waals surface area contributed by atoms with E-state index in [-0.39, 0.29) is 34.5 Å². The van der Waals surface area contributed by atoms with E-state index in [9.17, 15) is 19.2 Å². The van der Waals surface area contributed by atoms with Gasteiger partial charge in [-0.2, -0.15) is 14.0 Å². The summed E-state index contributed by atoms with van der Waals surface area (Å²) in [6.07, 6.45) is 5.17. The number of carbonyl (C=O) groups is 4. The summed E-state index contributed by atoms with van der Waals surface area (Å²) >= 11 is 0.937. The van der Waals surface area contributed by atoms with Crippen molar-refractivity contribution in [2.45, 2.75) is 69.4 Å². The number of amides is 3. The molecule has 3 atom stereocenters. The number of carbonyl (C=O) groups excluding carboxylic acids is 4. The first-order chi connectivity index (χ1) is 24.0. The fraction of sp³-hybridized carbons (Fsp3) is 0.472. The second-order valence-electron chi connectivity index (χ2n) is 13.2. The Morgan fingerprint density at radius 1 is 1.02 bits per heavy atom. The van der Waals surface area contributed by atoms with Crippen molar-refractivity contribution in [2.75, 3.05) is 33.2 Å². The molecule has 1 aromatic heterocycles. The molecule has 0 radical (unpaired) electrons. The Morgan fingerprint density at radius 2 is 1.72 bits per heavy atom. The minimum Gasteiger partial charge on any atom is -0.340 e. The van der Waals surface area contributed by atoms with Crippen molar-refractivity contribution in [2.24, 2.45) is 5.92 Å². The van der Waals surface area contributed by atoms with E-state index < -0.39 is 41.3 Å². The van der Waals surface area contributed by atoms with Gasteiger partial charge in [-0.25, -0.2) is 0 Å². The minimum atomic E-state index is -3.94. The second-order valence-corrected chi connectivity index (χ2v) is 13.9. The van der Waals surface area contributed by atoms with Crippen molar-refractivity contribution in [3.63, 3.8) is 0 Å². The maximum Gasteiger partial charge on any atom is 0.349 e. The highest BCUT2D eigenvalue weighted by Crippen LogP contribution is 2.32. The van der Waals surface area contributed by atoms with Crippen molar-refractivity contribution in [3.05, 3.63) is 81.9 Å². The Labute approximate surface area is 294 Å². The lowest BCUT2D eigenvalue weighted by Crippen LogP contribution is -2.55. The van der Waals surface area contributed by atoms with E-state index in [1.54, 1.807) is 35.2 Å². The van der Waals surface area contributed by atoms with Crippen LogP contribution in [0.4, 0.5) is 8.78 Å². The van der Waals surface area contributed by atoms with Crippen molar-refractivity contribution >= 4 is 35.0 Å². The number of rotatable bonds is 12. The maximum atomic E-state index is 15.3. The molecule has 1 aliphatic carbocycles. The molecule has 50 heavy (non-hydrogen) atoms. The molecule has 11 nitrogen and oxygen atoms in total. The number of ketones is 1. The first kappa shape index (κ1) is 36.7. The SMILES string of the molecule is C[C@@H](c1ccc(CC(=O)[C@@H](NC(=O)C(F)(F)c2cccc(C#N)c2)C2CCCCC2)cc1)[C@@H](NC(=O)c1cnns1)C(=O)N1CCN(C)CC1. The molecule has 1 saturated heterocycles. The first-order valence-corrected chi connectivity index (χ1v) is 17.6. The van der Waals surface area contributed by atoms with Crippen LogP contribution in [-0.4, -0.2) is 88.2 Å². The fourth-order valence-corrected chi connectivity index (χ4v) is 7.04. The number of halogens is 2. The van der Waals surface area contributed by atoms with Crippen molar-refractivity contribution in [1.29, 1.82) is 5.26 Å². The minimum absolute atomic E-state index is 0.00199. The number of aromatic nitrogens is 2. The Balaban J connectivity index is 1.31. The zero-order chi connectivity index (χ0) is 35.8. The number of alkyl halides is 2. The molecule has 2 heterocycles. The average molecular weight is 706 g/mol. The lowest BCUT2D eigenvalue weighted by molar-refractivity contribution is -0.149. The molecule has 2 aromatic carbocycles. The number of hydrogen-bond acceptors (Lipinski definition) is 9. The highest BCUT2D eigenvalue weighted by molar-refractivity contribution is 7.07. The van der Waals surface area contributed by atoms with Gasteiger partial charge >= 0.3 is 5.92 Å². The zero-order valence-electron chi connectivity index (χ0n) is 28.1. The third kappa shape index (κ3) is 8.75. The van der Waals surface area contributed by atoms with Crippen molar-refractivity contribution in [1.82, 2.24) is 30.0 Å². The molecule has 2 aliphatic rings. The van der Waals surface area contributed by atoms with Crippen LogP contribution in [0.3, 0.4) is 0 Å². The average Bonchev–Trinajstić information content (AvgIpc) is 3.69. The van der Waals surface area contributed by atoms with Gasteiger partial charge in [0.2, 0.25) is 5.91 Å². The van der Waals surface area contributed by atoms with Crippen molar-refractivity contribution < 1.29 is 28.0 Å². The number of nitriles is 1. The van der Waals surface area contributed by atoms with Gasteiger partial charge in [-0.1, -0.05) is 67.1 Å². The molecule has 264 valence electrons. The summed E-state index contributed by atoms with van der Waals surface area (Å²) in [7, 11) is 1.99. The van der Waals surface area contributed by atoms with Crippen LogP contribution in [0.15, 0.2) is 54.7 Å². The van der Waals surface area contributed by atoms with Gasteiger partial charge in [0.25, 0.3) is 11.8 Å². The normalized spacial score (nSPS) is 17.6. The predicted molar refractivity (Wildman–Crippen MR) is 182 cm³/mol. The molecule has 1 aliphatic heterocycles. The molecule has 0 bridgehead atoms. The van der Waals surface area contributed by atoms with Crippen LogP contribution in [0.1, 0.15) is 76.9 Å². The Morgan fingerprint density at radius 3 is 2.36 bits per heavy atom. The van der Waals surface area contributed by atoms with Gasteiger partial charge in [-0.3, -0.25) is 19.2 Å². The summed E-state index contributed by atoms with van der Waals surface area (Å²) in [4.78, 5) is 57.7. The second kappa shape index (κ2) is 16.4. The Hall–Kier alpha value is -4.61. The van der Waals surface area contributed by atoms with Crippen LogP contribution in [0.25, 0.3) is 0 Å². The van der Waals surface area contributed by atoms with E-state index in [1.807, 2.05) is 14.0 Å². The number of likely N-dealkylation sites (N-methyl/N-ethyl adjacent to an activating group) is 1. The molecule has 2 N–H and O–H groups in total. The number of nitrogens with zero attached hydrogens (tertiary/aromatic N) is 5. The van der Waals surface area contributed by atoms with Crippen molar-refractivity contribution in [3.8, 4) is 6.07 Å². The lowest BCUT2D eigenvalue weighted by Gasteiger charge is -2.36. The standard InChI is InChI=1S/C36H41F2N7O4S/c1-23(31(41-33(47)30-22-40-43-50-30)34(48)45-17-15-44(2)16-18-45)26-13-11-24(12-14-26)20-29(46)32(27-8-4-3-5-9-27)42-35(49)36(37,38)28-10-6-7-25(19-28)21-39/h6-7,10-14,19,22-23,27,31-32H,3-5,8-9,15-18,20H2,1-2H3,(H,41,47)(H,42,49)/t23-,31+,32-/m0/s1. The molecule has 2 fully saturated rings. The quantitative estimate of drug-likeness (QED) is 0.287. The first-order valence-electron chi connectivity index (χ1n) is 16.8. The number of Topliss-reactive ketones (excluding diaryl/α,β-unsaturated/α-hetero) is 1. The summed E-state index contributed by atoms with van der Waals surface area (Å²) in [5.74, 6) is -7.25. The third-order valence-electron chi connectivity index (χ3n) is 9.73. The van der Waals surface area contributed by atoms with Gasteiger partial charge in [-0.05, 0) is 60.6 Å². The van der Waals surface area contributed by atoms with Crippen LogP contribution in [0.5, 0.6) is 0 Å². The topological polar surface area (TPSA) is 148 Å². The van der Waals surface area contributed by atoms with E-state index in [2.05, 4.69) is 25.1 Å². The molecule has 0 spiro atoms. The van der Waals surface area contributed by atoms with Crippen LogP contribution in [-0.2, 0) is 26.7 Å². The molecular formula is C36H41F2N7O4S. The smallest absolute Gasteiger partial charge is 0.340 e. The van der Waals surface area contributed by atoms with Gasteiger partial charge in [0.05, 0.1) is 23.9 Å². The molecule has 0 unspecified atom stereocenters. The number of nitrogens with one attached hydrogen (secondary N) is 2. The predicted octanol–water partition coefficient (Wildman–Crippen LogP) is 4.05. The van der Waals surface area contributed by atoms with Crippen LogP contribution in [0, 0.1) is 17.2 Å². The monoisotopic (exact) mass is 705 g/mol. The maximum absolute atomic E-state index is 15.3. The molecule has 3 amide bonds. The van der Waals surface area contributed by atoms with Crippen LogP contribution < -0.4 is 10.6 Å². The zero-order valence-corrected chi connectivity index (χ0v) is 28.9. The largest absolute Gasteiger partial charge is 0.349 e. The highest BCUT2D eigenvalue weighted by atomic mass is 32.1. The highest BCUT2D eigenvalue weighted by Gasteiger charge is 2.44.